The summed E-state index contributed by atoms with van der Waals surface area (Å²) in [5, 5.41) is 20.7. The Kier molecular flexibility index (Phi) is 7.14. The number of amides is 4. The number of hydrogen-bond acceptors (Lipinski definition) is 9. The summed E-state index contributed by atoms with van der Waals surface area (Å²) in [5.41, 5.74) is 4.88. The van der Waals surface area contributed by atoms with Crippen LogP contribution in [0.4, 0.5) is 4.79 Å². The molecule has 1 fully saturated rings. The fourth-order valence-electron chi connectivity index (χ4n) is 2.36. The van der Waals surface area contributed by atoms with Crippen molar-refractivity contribution in [2.45, 2.75) is 11.7 Å². The number of nitrogens with one attached hydrogen (secondary N) is 2. The number of carbonyl (C=O) groups is 4. The van der Waals surface area contributed by atoms with Gasteiger partial charge in [0.15, 0.2) is 16.7 Å². The van der Waals surface area contributed by atoms with Crippen LogP contribution >= 0.6 is 11.8 Å². The van der Waals surface area contributed by atoms with Crippen LogP contribution in [0.1, 0.15) is 22.3 Å². The Morgan fingerprint density at radius 3 is 2.66 bits per heavy atom. The predicted molar refractivity (Wildman–Crippen MR) is 103 cm³/mol. The van der Waals surface area contributed by atoms with E-state index in [2.05, 4.69) is 15.5 Å². The fourth-order valence-corrected chi connectivity index (χ4v) is 3.28. The highest BCUT2D eigenvalue weighted by molar-refractivity contribution is 8.15. The number of carbonyl (C=O) groups excluding carboxylic acids is 3. The normalized spacial score (nSPS) is 17.2. The number of amidine groups is 1. The first-order valence-corrected chi connectivity index (χ1v) is 8.80. The maximum absolute atomic E-state index is 11.9. The van der Waals surface area contributed by atoms with E-state index < -0.39 is 29.1 Å². The van der Waals surface area contributed by atoms with Gasteiger partial charge in [-0.05, 0) is 12.1 Å². The molecule has 154 valence electrons. The molecule has 1 aliphatic rings. The number of thioether (sulfide) groups is 1. The molecule has 0 bridgehead atoms. The fraction of sp³-hybridized carbons (Fsp3) is 0.250. The summed E-state index contributed by atoms with van der Waals surface area (Å²) in [4.78, 5) is 45.6. The lowest BCUT2D eigenvalue weighted by molar-refractivity contribution is -0.124. The van der Waals surface area contributed by atoms with Crippen molar-refractivity contribution in [2.24, 2.45) is 15.9 Å². The van der Waals surface area contributed by atoms with Gasteiger partial charge in [0.25, 0.3) is 0 Å². The number of aromatic carboxylic acids is 1. The summed E-state index contributed by atoms with van der Waals surface area (Å²) in [6, 6.07) is 1.96. The van der Waals surface area contributed by atoms with Gasteiger partial charge in [0.05, 0.1) is 20.4 Å². The van der Waals surface area contributed by atoms with Crippen LogP contribution in [-0.2, 0) is 9.59 Å². The molecule has 0 aliphatic carbocycles. The largest absolute Gasteiger partial charge is 0.493 e. The Morgan fingerprint density at radius 2 is 2.07 bits per heavy atom. The average molecular weight is 423 g/mol. The second kappa shape index (κ2) is 9.54. The molecule has 13 heteroatoms. The lowest BCUT2D eigenvalue weighted by Crippen LogP contribution is -2.37. The number of carboxylic acids is 1. The molecule has 12 nitrogen and oxygen atoms in total. The molecule has 4 amide bonds. The quantitative estimate of drug-likeness (QED) is 0.346. The van der Waals surface area contributed by atoms with Crippen molar-refractivity contribution in [1.82, 2.24) is 10.6 Å². The number of ether oxygens (including phenoxy) is 2. The minimum Gasteiger partial charge on any atom is -0.493 e. The van der Waals surface area contributed by atoms with E-state index in [1.165, 1.54) is 32.6 Å². The van der Waals surface area contributed by atoms with Gasteiger partial charge in [-0.25, -0.2) is 9.59 Å². The van der Waals surface area contributed by atoms with Crippen LogP contribution in [0.25, 0.3) is 0 Å². The summed E-state index contributed by atoms with van der Waals surface area (Å²) >= 11 is 0.935. The molecule has 29 heavy (non-hydrogen) atoms. The van der Waals surface area contributed by atoms with Gasteiger partial charge in [-0.3, -0.25) is 14.9 Å². The number of nitrogens with zero attached hydrogens (tertiary/aromatic N) is 2. The molecular formula is C16H17N5O7S. The second-order valence-corrected chi connectivity index (χ2v) is 6.62. The molecule has 1 aromatic rings. The second-order valence-electron chi connectivity index (χ2n) is 5.43. The lowest BCUT2D eigenvalue weighted by Gasteiger charge is -2.11. The molecule has 1 unspecified atom stereocenters. The maximum atomic E-state index is 11.9. The van der Waals surface area contributed by atoms with Gasteiger partial charge in [-0.15, -0.1) is 5.10 Å². The molecule has 5 N–H and O–H groups in total. The minimum atomic E-state index is -1.25. The van der Waals surface area contributed by atoms with Crippen LogP contribution in [0.2, 0.25) is 0 Å². The lowest BCUT2D eigenvalue weighted by atomic mass is 10.1. The number of carboxylic acid groups (broad SMARTS) is 1. The molecule has 1 atom stereocenters. The summed E-state index contributed by atoms with van der Waals surface area (Å²) in [5.74, 6) is -2.17. The molecule has 0 spiro atoms. The van der Waals surface area contributed by atoms with E-state index in [1.54, 1.807) is 0 Å². The number of hydrogen-bond donors (Lipinski definition) is 4. The van der Waals surface area contributed by atoms with Crippen LogP contribution in [0.5, 0.6) is 11.5 Å². The zero-order chi connectivity index (χ0) is 21.6. The van der Waals surface area contributed by atoms with Crippen molar-refractivity contribution in [1.29, 1.82) is 0 Å². The molecule has 0 radical (unpaired) electrons. The van der Waals surface area contributed by atoms with E-state index in [0.29, 0.717) is 0 Å². The molecule has 1 aromatic carbocycles. The minimum absolute atomic E-state index is 0.0284. The van der Waals surface area contributed by atoms with Crippen molar-refractivity contribution in [2.75, 3.05) is 14.2 Å². The summed E-state index contributed by atoms with van der Waals surface area (Å²) in [6.07, 6.45) is 0.902. The third-order valence-corrected chi connectivity index (χ3v) is 4.62. The Bertz CT molecular complexity index is 915. The topological polar surface area (TPSA) is 182 Å². The number of benzene rings is 1. The Hall–Kier alpha value is -3.61. The number of primary amides is 1. The van der Waals surface area contributed by atoms with Gasteiger partial charge in [0.2, 0.25) is 11.8 Å². The highest BCUT2D eigenvalue weighted by atomic mass is 32.2. The SMILES string of the molecule is COc1ccc(C=N/N=C2\NC(=O)C(CC(=O)NC(N)=O)S2)c(C(=O)O)c1OC. The van der Waals surface area contributed by atoms with E-state index >= 15 is 0 Å². The number of methoxy groups -OCH3 is 2. The van der Waals surface area contributed by atoms with Crippen LogP contribution in [-0.4, -0.2) is 59.8 Å². The number of nitrogens with two attached hydrogens (primary N) is 1. The third-order valence-electron chi connectivity index (χ3n) is 3.55. The van der Waals surface area contributed by atoms with Crippen LogP contribution in [0, 0.1) is 0 Å². The van der Waals surface area contributed by atoms with Gasteiger partial charge < -0.3 is 25.6 Å². The zero-order valence-electron chi connectivity index (χ0n) is 15.3. The van der Waals surface area contributed by atoms with E-state index in [4.69, 9.17) is 15.2 Å². The smallest absolute Gasteiger partial charge is 0.340 e. The van der Waals surface area contributed by atoms with Crippen molar-refractivity contribution >= 4 is 47.0 Å². The predicted octanol–water partition coefficient (Wildman–Crippen LogP) is -0.0915. The van der Waals surface area contributed by atoms with Crippen LogP contribution in [0.15, 0.2) is 22.3 Å². The van der Waals surface area contributed by atoms with Gasteiger partial charge in [0, 0.05) is 12.0 Å². The van der Waals surface area contributed by atoms with Gasteiger partial charge >= 0.3 is 12.0 Å². The van der Waals surface area contributed by atoms with E-state index in [-0.39, 0.29) is 34.2 Å². The molecule has 0 aromatic heterocycles. The van der Waals surface area contributed by atoms with Crippen molar-refractivity contribution in [3.63, 3.8) is 0 Å². The number of rotatable bonds is 7. The molecule has 1 saturated heterocycles. The first-order chi connectivity index (χ1) is 13.8. The van der Waals surface area contributed by atoms with Crippen molar-refractivity contribution in [3.05, 3.63) is 23.3 Å². The van der Waals surface area contributed by atoms with E-state index in [1.807, 2.05) is 5.32 Å². The average Bonchev–Trinajstić information content (AvgIpc) is 2.99. The molecule has 1 aliphatic heterocycles. The van der Waals surface area contributed by atoms with Crippen LogP contribution < -0.4 is 25.8 Å². The third kappa shape index (κ3) is 5.44. The molecular weight excluding hydrogens is 406 g/mol. The van der Waals surface area contributed by atoms with Crippen LogP contribution in [0.3, 0.4) is 0 Å². The Labute approximate surface area is 168 Å². The first-order valence-electron chi connectivity index (χ1n) is 7.92. The Balaban J connectivity index is 2.16. The van der Waals surface area contributed by atoms with Gasteiger partial charge in [-0.2, -0.15) is 5.10 Å². The zero-order valence-corrected chi connectivity index (χ0v) is 16.1. The van der Waals surface area contributed by atoms with Crippen molar-refractivity contribution < 1.29 is 33.8 Å². The number of urea groups is 1. The first kappa shape index (κ1) is 21.7. The summed E-state index contributed by atoms with van der Waals surface area (Å²) in [7, 11) is 2.69. The van der Waals surface area contributed by atoms with Crippen molar-refractivity contribution in [3.8, 4) is 11.5 Å². The maximum Gasteiger partial charge on any atom is 0.340 e. The van der Waals surface area contributed by atoms with Gasteiger partial charge in [-0.1, -0.05) is 11.8 Å². The summed E-state index contributed by atoms with van der Waals surface area (Å²) < 4.78 is 10.2. The highest BCUT2D eigenvalue weighted by Crippen LogP contribution is 2.33. The molecule has 2 rings (SSSR count). The molecule has 1 heterocycles. The monoisotopic (exact) mass is 423 g/mol. The highest BCUT2D eigenvalue weighted by Gasteiger charge is 2.32. The summed E-state index contributed by atoms with van der Waals surface area (Å²) in [6.45, 7) is 0. The Morgan fingerprint density at radius 1 is 1.34 bits per heavy atom. The molecule has 0 saturated carbocycles. The number of imide groups is 1. The van der Waals surface area contributed by atoms with Gasteiger partial charge in [0.1, 0.15) is 10.8 Å². The van der Waals surface area contributed by atoms with E-state index in [9.17, 15) is 24.3 Å². The standard InChI is InChI=1S/C16H17N5O7S/c1-27-8-4-3-7(11(14(24)25)12(8)28-2)6-18-21-16-20-13(23)9(29-16)5-10(22)19-15(17)26/h3-4,6,9H,5H2,1-2H3,(H,24,25)(H,20,21,23)(H3,17,19,22,26). The van der Waals surface area contributed by atoms with E-state index in [0.717, 1.165) is 11.8 Å².